The molecule has 1 aromatic heterocycles. The lowest BCUT2D eigenvalue weighted by Crippen LogP contribution is -1.95. The van der Waals surface area contributed by atoms with Crippen molar-refractivity contribution in [3.8, 4) is 28.9 Å². The fourth-order valence-electron chi connectivity index (χ4n) is 2.08. The van der Waals surface area contributed by atoms with E-state index in [1.807, 2.05) is 36.4 Å². The number of nitrogen functional groups attached to an aromatic ring is 1. The number of ether oxygens (including phenoxy) is 1. The summed E-state index contributed by atoms with van der Waals surface area (Å²) in [6.07, 6.45) is 3.00. The summed E-state index contributed by atoms with van der Waals surface area (Å²) in [7, 11) is 1.59. The standard InChI is InChI=1S/C18H14N2O2/c1-21-17-10-16(19)14(8-7-13-5-3-2-4-6-13)9-15(17)18-11-20-12-22-18/h2-6,9-12H,19H2,1H3. The van der Waals surface area contributed by atoms with E-state index in [1.54, 1.807) is 19.4 Å². The third kappa shape index (κ3) is 2.79. The lowest BCUT2D eigenvalue weighted by Gasteiger charge is -2.08. The molecule has 108 valence electrons. The van der Waals surface area contributed by atoms with Crippen molar-refractivity contribution in [3.05, 3.63) is 66.2 Å². The molecule has 0 saturated carbocycles. The molecular formula is C18H14N2O2. The van der Waals surface area contributed by atoms with Crippen LogP contribution in [0.1, 0.15) is 11.1 Å². The van der Waals surface area contributed by atoms with Gasteiger partial charge in [-0.3, -0.25) is 0 Å². The van der Waals surface area contributed by atoms with Gasteiger partial charge in [-0.2, -0.15) is 0 Å². The van der Waals surface area contributed by atoms with Gasteiger partial charge >= 0.3 is 0 Å². The van der Waals surface area contributed by atoms with E-state index in [-0.39, 0.29) is 0 Å². The number of anilines is 1. The minimum absolute atomic E-state index is 0.559. The second-order valence-electron chi connectivity index (χ2n) is 4.62. The van der Waals surface area contributed by atoms with Gasteiger partial charge in [0.2, 0.25) is 0 Å². The Balaban J connectivity index is 2.06. The lowest BCUT2D eigenvalue weighted by atomic mass is 10.1. The quantitative estimate of drug-likeness (QED) is 0.581. The van der Waals surface area contributed by atoms with Crippen molar-refractivity contribution in [2.24, 2.45) is 0 Å². The summed E-state index contributed by atoms with van der Waals surface area (Å²) in [6.45, 7) is 0. The van der Waals surface area contributed by atoms with Gasteiger partial charge in [0.05, 0.1) is 24.6 Å². The van der Waals surface area contributed by atoms with Gasteiger partial charge in [0.15, 0.2) is 12.2 Å². The first-order valence-electron chi connectivity index (χ1n) is 6.71. The number of aromatic nitrogens is 1. The highest BCUT2D eigenvalue weighted by Gasteiger charge is 2.12. The molecule has 4 nitrogen and oxygen atoms in total. The maximum Gasteiger partial charge on any atom is 0.181 e. The number of oxazole rings is 1. The Hall–Kier alpha value is -3.19. The molecule has 2 N–H and O–H groups in total. The van der Waals surface area contributed by atoms with Crippen LogP contribution < -0.4 is 10.5 Å². The molecule has 1 heterocycles. The largest absolute Gasteiger partial charge is 0.496 e. The SMILES string of the molecule is COc1cc(N)c(C#Cc2ccccc2)cc1-c1cnco1. The Bertz CT molecular complexity index is 829. The third-order valence-electron chi connectivity index (χ3n) is 3.18. The van der Waals surface area contributed by atoms with E-state index < -0.39 is 0 Å². The molecular weight excluding hydrogens is 276 g/mol. The van der Waals surface area contributed by atoms with E-state index >= 15 is 0 Å². The first-order valence-corrected chi connectivity index (χ1v) is 6.71. The van der Waals surface area contributed by atoms with Crippen LogP contribution in [0.4, 0.5) is 5.69 Å². The highest BCUT2D eigenvalue weighted by molar-refractivity contribution is 5.74. The average molecular weight is 290 g/mol. The van der Waals surface area contributed by atoms with Crippen molar-refractivity contribution in [2.45, 2.75) is 0 Å². The van der Waals surface area contributed by atoms with Crippen LogP contribution in [0.3, 0.4) is 0 Å². The first kappa shape index (κ1) is 13.8. The number of hydrogen-bond donors (Lipinski definition) is 1. The summed E-state index contributed by atoms with van der Waals surface area (Å²) in [5, 5.41) is 0. The van der Waals surface area contributed by atoms with Crippen molar-refractivity contribution in [3.63, 3.8) is 0 Å². The monoisotopic (exact) mass is 290 g/mol. The lowest BCUT2D eigenvalue weighted by molar-refractivity contribution is 0.415. The molecule has 22 heavy (non-hydrogen) atoms. The second-order valence-corrected chi connectivity index (χ2v) is 4.62. The smallest absolute Gasteiger partial charge is 0.181 e. The van der Waals surface area contributed by atoms with Crippen molar-refractivity contribution >= 4 is 5.69 Å². The van der Waals surface area contributed by atoms with Gasteiger partial charge in [-0.25, -0.2) is 4.98 Å². The predicted octanol–water partition coefficient (Wildman–Crippen LogP) is 3.33. The maximum atomic E-state index is 6.05. The van der Waals surface area contributed by atoms with Crippen LogP contribution in [0.5, 0.6) is 5.75 Å². The van der Waals surface area contributed by atoms with E-state index in [9.17, 15) is 0 Å². The van der Waals surface area contributed by atoms with Gasteiger partial charge in [0.25, 0.3) is 0 Å². The Kier molecular flexibility index (Phi) is 3.80. The molecule has 3 rings (SSSR count). The topological polar surface area (TPSA) is 61.3 Å². The zero-order valence-corrected chi connectivity index (χ0v) is 12.0. The molecule has 0 aliphatic rings. The van der Waals surface area contributed by atoms with Crippen LogP contribution in [0, 0.1) is 11.8 Å². The van der Waals surface area contributed by atoms with Crippen LogP contribution >= 0.6 is 0 Å². The summed E-state index contributed by atoms with van der Waals surface area (Å²) in [4.78, 5) is 3.93. The highest BCUT2D eigenvalue weighted by Crippen LogP contribution is 2.33. The van der Waals surface area contributed by atoms with Crippen LogP contribution in [0.25, 0.3) is 11.3 Å². The minimum atomic E-state index is 0.559. The molecule has 0 aliphatic carbocycles. The Labute approximate surface area is 128 Å². The molecule has 0 saturated heterocycles. The fourth-order valence-corrected chi connectivity index (χ4v) is 2.08. The van der Waals surface area contributed by atoms with Crippen LogP contribution in [0.15, 0.2) is 59.5 Å². The number of rotatable bonds is 2. The Morgan fingerprint density at radius 2 is 1.95 bits per heavy atom. The van der Waals surface area contributed by atoms with Crippen LogP contribution in [-0.2, 0) is 0 Å². The highest BCUT2D eigenvalue weighted by atomic mass is 16.5. The molecule has 0 atom stereocenters. The maximum absolute atomic E-state index is 6.05. The van der Waals surface area contributed by atoms with E-state index in [1.165, 1.54) is 6.39 Å². The molecule has 0 amide bonds. The Morgan fingerprint density at radius 3 is 2.64 bits per heavy atom. The predicted molar refractivity (Wildman–Crippen MR) is 85.3 cm³/mol. The van der Waals surface area contributed by atoms with E-state index in [0.717, 1.165) is 16.7 Å². The zero-order valence-electron chi connectivity index (χ0n) is 12.0. The summed E-state index contributed by atoms with van der Waals surface area (Å²) in [5.41, 5.74) is 9.03. The fraction of sp³-hybridized carbons (Fsp3) is 0.0556. The van der Waals surface area contributed by atoms with Crippen molar-refractivity contribution in [2.75, 3.05) is 12.8 Å². The van der Waals surface area contributed by atoms with Gasteiger partial charge < -0.3 is 14.9 Å². The molecule has 2 aromatic carbocycles. The number of nitrogens with zero attached hydrogens (tertiary/aromatic N) is 1. The van der Waals surface area contributed by atoms with Gasteiger partial charge in [0, 0.05) is 17.2 Å². The molecule has 0 unspecified atom stereocenters. The van der Waals surface area contributed by atoms with E-state index in [4.69, 9.17) is 14.9 Å². The van der Waals surface area contributed by atoms with E-state index in [0.29, 0.717) is 17.2 Å². The second kappa shape index (κ2) is 6.06. The van der Waals surface area contributed by atoms with E-state index in [2.05, 4.69) is 16.8 Å². The molecule has 4 heteroatoms. The number of nitrogens with two attached hydrogens (primary N) is 1. The average Bonchev–Trinajstić information content (AvgIpc) is 3.08. The van der Waals surface area contributed by atoms with Crippen LogP contribution in [0.2, 0.25) is 0 Å². The van der Waals surface area contributed by atoms with Crippen molar-refractivity contribution in [1.29, 1.82) is 0 Å². The summed E-state index contributed by atoms with van der Waals surface area (Å²) in [6, 6.07) is 13.3. The van der Waals surface area contributed by atoms with Crippen molar-refractivity contribution < 1.29 is 9.15 Å². The third-order valence-corrected chi connectivity index (χ3v) is 3.18. The van der Waals surface area contributed by atoms with Gasteiger partial charge in [-0.05, 0) is 18.2 Å². The summed E-state index contributed by atoms with van der Waals surface area (Å²) >= 11 is 0. The molecule has 0 fully saturated rings. The Morgan fingerprint density at radius 1 is 1.14 bits per heavy atom. The van der Waals surface area contributed by atoms with Gasteiger partial charge in [-0.15, -0.1) is 0 Å². The molecule has 0 bridgehead atoms. The minimum Gasteiger partial charge on any atom is -0.496 e. The molecule has 3 aromatic rings. The molecule has 0 radical (unpaired) electrons. The summed E-state index contributed by atoms with van der Waals surface area (Å²) < 4.78 is 10.7. The number of benzene rings is 2. The first-order chi connectivity index (χ1) is 10.8. The normalized spacial score (nSPS) is 9.86. The van der Waals surface area contributed by atoms with Gasteiger partial charge in [-0.1, -0.05) is 30.0 Å². The number of methoxy groups -OCH3 is 1. The van der Waals surface area contributed by atoms with Crippen LogP contribution in [-0.4, -0.2) is 12.1 Å². The van der Waals surface area contributed by atoms with Gasteiger partial charge in [0.1, 0.15) is 5.75 Å². The molecule has 0 spiro atoms. The number of hydrogen-bond acceptors (Lipinski definition) is 4. The zero-order chi connectivity index (χ0) is 15.4. The summed E-state index contributed by atoms with van der Waals surface area (Å²) in [5.74, 6) is 7.42. The van der Waals surface area contributed by atoms with Crippen molar-refractivity contribution in [1.82, 2.24) is 4.98 Å². The molecule has 0 aliphatic heterocycles.